The van der Waals surface area contributed by atoms with E-state index < -0.39 is 5.82 Å². The van der Waals surface area contributed by atoms with Crippen LogP contribution < -0.4 is 10.2 Å². The Morgan fingerprint density at radius 3 is 2.81 bits per heavy atom. The smallest absolute Gasteiger partial charge is 0.147 e. The van der Waals surface area contributed by atoms with Crippen molar-refractivity contribution in [3.05, 3.63) is 28.2 Å². The fraction of sp³-hybridized carbons (Fsp3) is 0.455. The highest BCUT2D eigenvalue weighted by Crippen LogP contribution is 2.27. The van der Waals surface area contributed by atoms with Crippen LogP contribution in [0.1, 0.15) is 6.92 Å². The van der Waals surface area contributed by atoms with Gasteiger partial charge in [0.15, 0.2) is 0 Å². The Bertz CT molecular complexity index is 398. The molecule has 1 aliphatic rings. The van der Waals surface area contributed by atoms with Crippen LogP contribution in [0.4, 0.5) is 14.5 Å². The molecule has 1 atom stereocenters. The second-order valence-corrected chi connectivity index (χ2v) is 4.82. The topological polar surface area (TPSA) is 15.3 Å². The molecule has 0 spiro atoms. The molecule has 1 heterocycles. The third kappa shape index (κ3) is 2.20. The van der Waals surface area contributed by atoms with Crippen LogP contribution in [0.5, 0.6) is 0 Å². The molecule has 2 nitrogen and oxygen atoms in total. The zero-order chi connectivity index (χ0) is 11.7. The summed E-state index contributed by atoms with van der Waals surface area (Å²) in [5.74, 6) is -0.816. The Hall–Kier alpha value is -0.680. The molecule has 1 aromatic rings. The second-order valence-electron chi connectivity index (χ2n) is 3.96. The van der Waals surface area contributed by atoms with Gasteiger partial charge in [0.05, 0.1) is 10.2 Å². The van der Waals surface area contributed by atoms with Crippen LogP contribution in [0.25, 0.3) is 0 Å². The number of nitrogens with zero attached hydrogens (tertiary/aromatic N) is 1. The summed E-state index contributed by atoms with van der Waals surface area (Å²) in [5, 5.41) is 3.21. The van der Waals surface area contributed by atoms with Crippen molar-refractivity contribution in [1.82, 2.24) is 5.32 Å². The number of hydrogen-bond acceptors (Lipinski definition) is 2. The molecular weight excluding hydrogens is 278 g/mol. The van der Waals surface area contributed by atoms with E-state index in [-0.39, 0.29) is 16.3 Å². The van der Waals surface area contributed by atoms with Gasteiger partial charge in [0.25, 0.3) is 0 Å². The molecule has 5 heteroatoms. The number of nitrogens with one attached hydrogen (secondary N) is 1. The first-order valence-corrected chi connectivity index (χ1v) is 6.01. The van der Waals surface area contributed by atoms with Crippen molar-refractivity contribution in [3.8, 4) is 0 Å². The van der Waals surface area contributed by atoms with Crippen molar-refractivity contribution in [1.29, 1.82) is 0 Å². The zero-order valence-corrected chi connectivity index (χ0v) is 10.5. The minimum absolute atomic E-state index is 0.163. The average molecular weight is 291 g/mol. The lowest BCUT2D eigenvalue weighted by atomic mass is 10.1. The van der Waals surface area contributed by atoms with E-state index in [0.29, 0.717) is 12.2 Å². The summed E-state index contributed by atoms with van der Waals surface area (Å²) < 4.78 is 27.3. The molecule has 0 aliphatic carbocycles. The molecule has 16 heavy (non-hydrogen) atoms. The molecule has 1 fully saturated rings. The maximum absolute atomic E-state index is 13.7. The third-order valence-corrected chi connectivity index (χ3v) is 3.41. The standard InChI is InChI=1S/C11H13BrF2N2/c1-7-6-15-2-3-16(7)11-5-9(13)8(12)4-10(11)14/h4-5,7,15H,2-3,6H2,1H3. The van der Waals surface area contributed by atoms with Gasteiger partial charge in [-0.25, -0.2) is 8.78 Å². The summed E-state index contributed by atoms with van der Waals surface area (Å²) in [6, 6.07) is 2.60. The predicted molar refractivity (Wildman–Crippen MR) is 63.7 cm³/mol. The number of rotatable bonds is 1. The molecule has 0 bridgehead atoms. The van der Waals surface area contributed by atoms with Gasteiger partial charge in [0.2, 0.25) is 0 Å². The van der Waals surface area contributed by atoms with E-state index in [0.717, 1.165) is 13.1 Å². The fourth-order valence-corrected chi connectivity index (χ4v) is 2.25. The molecule has 0 amide bonds. The summed E-state index contributed by atoms with van der Waals surface area (Å²) in [4.78, 5) is 1.89. The molecular formula is C11H13BrF2N2. The minimum Gasteiger partial charge on any atom is -0.364 e. The lowest BCUT2D eigenvalue weighted by Gasteiger charge is -2.36. The molecule has 0 radical (unpaired) electrons. The Morgan fingerprint density at radius 1 is 1.38 bits per heavy atom. The van der Waals surface area contributed by atoms with Crippen LogP contribution in [-0.2, 0) is 0 Å². The van der Waals surface area contributed by atoms with Gasteiger partial charge in [-0.1, -0.05) is 0 Å². The van der Waals surface area contributed by atoms with Crippen molar-refractivity contribution in [2.75, 3.05) is 24.5 Å². The maximum atomic E-state index is 13.7. The first kappa shape index (κ1) is 11.8. The van der Waals surface area contributed by atoms with Gasteiger partial charge in [-0.2, -0.15) is 0 Å². The molecule has 2 rings (SSSR count). The van der Waals surface area contributed by atoms with E-state index in [1.54, 1.807) is 0 Å². The van der Waals surface area contributed by atoms with Crippen molar-refractivity contribution < 1.29 is 8.78 Å². The highest BCUT2D eigenvalue weighted by molar-refractivity contribution is 9.10. The van der Waals surface area contributed by atoms with E-state index in [1.807, 2.05) is 11.8 Å². The van der Waals surface area contributed by atoms with Crippen molar-refractivity contribution in [2.24, 2.45) is 0 Å². The Labute approximate surface area is 102 Å². The van der Waals surface area contributed by atoms with Gasteiger partial charge >= 0.3 is 0 Å². The Balaban J connectivity index is 2.35. The second kappa shape index (κ2) is 4.67. The van der Waals surface area contributed by atoms with Gasteiger partial charge in [-0.3, -0.25) is 0 Å². The molecule has 1 aliphatic heterocycles. The van der Waals surface area contributed by atoms with Crippen molar-refractivity contribution >= 4 is 21.6 Å². The molecule has 0 saturated carbocycles. The molecule has 1 saturated heterocycles. The first-order chi connectivity index (χ1) is 7.59. The van der Waals surface area contributed by atoms with Crippen LogP contribution in [0.2, 0.25) is 0 Å². The van der Waals surface area contributed by atoms with Gasteiger partial charge < -0.3 is 10.2 Å². The summed E-state index contributed by atoms with van der Waals surface area (Å²) >= 11 is 2.97. The summed E-state index contributed by atoms with van der Waals surface area (Å²) in [5.41, 5.74) is 0.342. The summed E-state index contributed by atoms with van der Waals surface area (Å²) in [7, 11) is 0. The Morgan fingerprint density at radius 2 is 2.12 bits per heavy atom. The van der Waals surface area contributed by atoms with Crippen molar-refractivity contribution in [3.63, 3.8) is 0 Å². The SMILES string of the molecule is CC1CNCCN1c1cc(F)c(Br)cc1F. The highest BCUT2D eigenvalue weighted by atomic mass is 79.9. The van der Waals surface area contributed by atoms with Crippen LogP contribution >= 0.6 is 15.9 Å². The summed E-state index contributed by atoms with van der Waals surface area (Å²) in [6.45, 7) is 4.27. The molecule has 1 N–H and O–H groups in total. The molecule has 88 valence electrons. The van der Waals surface area contributed by atoms with Gasteiger partial charge in [0.1, 0.15) is 11.6 Å². The van der Waals surface area contributed by atoms with Gasteiger partial charge in [0, 0.05) is 31.7 Å². The van der Waals surface area contributed by atoms with Crippen LogP contribution in [-0.4, -0.2) is 25.7 Å². The molecule has 1 aromatic carbocycles. The zero-order valence-electron chi connectivity index (χ0n) is 8.93. The predicted octanol–water partition coefficient (Wildman–Crippen LogP) is 2.53. The van der Waals surface area contributed by atoms with E-state index >= 15 is 0 Å². The lowest BCUT2D eigenvalue weighted by Crippen LogP contribution is -2.50. The minimum atomic E-state index is -0.429. The first-order valence-electron chi connectivity index (χ1n) is 5.21. The largest absolute Gasteiger partial charge is 0.364 e. The van der Waals surface area contributed by atoms with Crippen molar-refractivity contribution in [2.45, 2.75) is 13.0 Å². The summed E-state index contributed by atoms with van der Waals surface area (Å²) in [6.07, 6.45) is 0. The van der Waals surface area contributed by atoms with E-state index in [9.17, 15) is 8.78 Å². The number of hydrogen-bond donors (Lipinski definition) is 1. The Kier molecular flexibility index (Phi) is 3.44. The fourth-order valence-electron chi connectivity index (χ4n) is 1.93. The quantitative estimate of drug-likeness (QED) is 0.800. The van der Waals surface area contributed by atoms with E-state index in [2.05, 4.69) is 21.2 Å². The van der Waals surface area contributed by atoms with Crippen LogP contribution in [0.15, 0.2) is 16.6 Å². The van der Waals surface area contributed by atoms with Crippen LogP contribution in [0, 0.1) is 11.6 Å². The number of anilines is 1. The molecule has 1 unspecified atom stereocenters. The average Bonchev–Trinajstić information content (AvgIpc) is 2.25. The number of piperazine rings is 1. The van der Waals surface area contributed by atoms with Gasteiger partial charge in [-0.05, 0) is 28.9 Å². The van der Waals surface area contributed by atoms with Gasteiger partial charge in [-0.15, -0.1) is 0 Å². The highest BCUT2D eigenvalue weighted by Gasteiger charge is 2.22. The van der Waals surface area contributed by atoms with E-state index in [4.69, 9.17) is 0 Å². The van der Waals surface area contributed by atoms with E-state index in [1.165, 1.54) is 12.1 Å². The molecule has 0 aromatic heterocycles. The third-order valence-electron chi connectivity index (χ3n) is 2.80. The lowest BCUT2D eigenvalue weighted by molar-refractivity contribution is 0.488. The normalized spacial score (nSPS) is 21.2. The number of benzene rings is 1. The number of halogens is 3. The monoisotopic (exact) mass is 290 g/mol. The maximum Gasteiger partial charge on any atom is 0.147 e. The van der Waals surface area contributed by atoms with Crippen LogP contribution in [0.3, 0.4) is 0 Å².